The van der Waals surface area contributed by atoms with Crippen LogP contribution in [0.15, 0.2) is 24.3 Å². The lowest BCUT2D eigenvalue weighted by molar-refractivity contribution is -0.121. The van der Waals surface area contributed by atoms with E-state index < -0.39 is 0 Å². The number of carbonyl (C=O) groups excluding carboxylic acids is 1. The van der Waals surface area contributed by atoms with Crippen molar-refractivity contribution in [3.63, 3.8) is 0 Å². The van der Waals surface area contributed by atoms with E-state index in [1.807, 2.05) is 0 Å². The third-order valence-electron chi connectivity index (χ3n) is 3.31. The largest absolute Gasteiger partial charge is 0.359 e. The minimum atomic E-state index is 0.167. The average molecular weight is 258 g/mol. The molecule has 0 fully saturated rings. The van der Waals surface area contributed by atoms with Crippen molar-refractivity contribution in [3.05, 3.63) is 35.5 Å². The molecule has 2 rings (SSSR count). The molecule has 0 saturated carbocycles. The molecule has 0 unspecified atom stereocenters. The SMILES string of the molecule is CCCCC(=O)NCCc1ccc2[nH]c(C)cc2c1. The van der Waals surface area contributed by atoms with Crippen LogP contribution in [-0.2, 0) is 11.2 Å². The number of fused-ring (bicyclic) bond motifs is 1. The molecule has 1 aromatic carbocycles. The summed E-state index contributed by atoms with van der Waals surface area (Å²) in [6.45, 7) is 4.88. The van der Waals surface area contributed by atoms with E-state index in [0.717, 1.165) is 25.8 Å². The van der Waals surface area contributed by atoms with Crippen LogP contribution in [-0.4, -0.2) is 17.4 Å². The zero-order valence-electron chi connectivity index (χ0n) is 11.8. The Hall–Kier alpha value is -1.77. The van der Waals surface area contributed by atoms with Gasteiger partial charge in [-0.15, -0.1) is 0 Å². The fraction of sp³-hybridized carbons (Fsp3) is 0.438. The van der Waals surface area contributed by atoms with Gasteiger partial charge in [0.1, 0.15) is 0 Å². The van der Waals surface area contributed by atoms with Gasteiger partial charge in [-0.05, 0) is 48.9 Å². The van der Waals surface area contributed by atoms with E-state index in [1.165, 1.54) is 22.2 Å². The second-order valence-electron chi connectivity index (χ2n) is 5.08. The Balaban J connectivity index is 1.86. The van der Waals surface area contributed by atoms with Gasteiger partial charge in [0, 0.05) is 24.2 Å². The number of hydrogen-bond acceptors (Lipinski definition) is 1. The summed E-state index contributed by atoms with van der Waals surface area (Å²) in [5, 5.41) is 4.22. The third kappa shape index (κ3) is 3.85. The Labute approximate surface area is 114 Å². The number of unbranched alkanes of at least 4 members (excludes halogenated alkanes) is 1. The van der Waals surface area contributed by atoms with Crippen molar-refractivity contribution in [2.75, 3.05) is 6.54 Å². The standard InChI is InChI=1S/C16H22N2O/c1-3-4-5-16(19)17-9-8-13-6-7-15-14(11-13)10-12(2)18-15/h6-7,10-11,18H,3-5,8-9H2,1-2H3,(H,17,19). The number of carbonyl (C=O) groups is 1. The second kappa shape index (κ2) is 6.41. The Morgan fingerprint density at radius 1 is 1.32 bits per heavy atom. The van der Waals surface area contributed by atoms with Gasteiger partial charge >= 0.3 is 0 Å². The molecule has 0 atom stereocenters. The predicted molar refractivity (Wildman–Crippen MR) is 79.3 cm³/mol. The highest BCUT2D eigenvalue weighted by atomic mass is 16.1. The number of H-pyrrole nitrogens is 1. The molecule has 3 nitrogen and oxygen atoms in total. The van der Waals surface area contributed by atoms with Crippen molar-refractivity contribution in [3.8, 4) is 0 Å². The Morgan fingerprint density at radius 2 is 2.16 bits per heavy atom. The van der Waals surface area contributed by atoms with Gasteiger partial charge in [0.15, 0.2) is 0 Å². The first-order valence-electron chi connectivity index (χ1n) is 7.04. The third-order valence-corrected chi connectivity index (χ3v) is 3.31. The summed E-state index contributed by atoms with van der Waals surface area (Å²) >= 11 is 0. The van der Waals surface area contributed by atoms with Crippen LogP contribution >= 0.6 is 0 Å². The van der Waals surface area contributed by atoms with E-state index in [4.69, 9.17) is 0 Å². The summed E-state index contributed by atoms with van der Waals surface area (Å²) in [4.78, 5) is 14.8. The van der Waals surface area contributed by atoms with Gasteiger partial charge in [-0.3, -0.25) is 4.79 Å². The van der Waals surface area contributed by atoms with Crippen LogP contribution < -0.4 is 5.32 Å². The zero-order valence-corrected chi connectivity index (χ0v) is 11.8. The van der Waals surface area contributed by atoms with E-state index in [-0.39, 0.29) is 5.91 Å². The highest BCUT2D eigenvalue weighted by molar-refractivity contribution is 5.81. The van der Waals surface area contributed by atoms with Crippen LogP contribution in [0.3, 0.4) is 0 Å². The second-order valence-corrected chi connectivity index (χ2v) is 5.08. The fourth-order valence-corrected chi connectivity index (χ4v) is 2.25. The molecule has 0 radical (unpaired) electrons. The number of nitrogens with one attached hydrogen (secondary N) is 2. The summed E-state index contributed by atoms with van der Waals surface area (Å²) in [6, 6.07) is 8.57. The van der Waals surface area contributed by atoms with Crippen LogP contribution in [0.25, 0.3) is 10.9 Å². The van der Waals surface area contributed by atoms with Crippen LogP contribution in [0.1, 0.15) is 37.4 Å². The first kappa shape index (κ1) is 13.7. The van der Waals surface area contributed by atoms with Crippen molar-refractivity contribution >= 4 is 16.8 Å². The molecule has 0 aliphatic carbocycles. The van der Waals surface area contributed by atoms with Crippen LogP contribution in [0, 0.1) is 6.92 Å². The van der Waals surface area contributed by atoms with Gasteiger partial charge in [-0.1, -0.05) is 19.4 Å². The minimum Gasteiger partial charge on any atom is -0.359 e. The lowest BCUT2D eigenvalue weighted by Crippen LogP contribution is -2.25. The van der Waals surface area contributed by atoms with Gasteiger partial charge in [0.25, 0.3) is 0 Å². The molecule has 0 aliphatic rings. The summed E-state index contributed by atoms with van der Waals surface area (Å²) in [5.41, 5.74) is 3.62. The molecule has 0 bridgehead atoms. The van der Waals surface area contributed by atoms with E-state index in [0.29, 0.717) is 6.42 Å². The van der Waals surface area contributed by atoms with Crippen molar-refractivity contribution in [1.82, 2.24) is 10.3 Å². The molecule has 2 aromatic rings. The van der Waals surface area contributed by atoms with Crippen molar-refractivity contribution < 1.29 is 4.79 Å². The molecule has 2 N–H and O–H groups in total. The molecule has 19 heavy (non-hydrogen) atoms. The van der Waals surface area contributed by atoms with Crippen molar-refractivity contribution in [2.24, 2.45) is 0 Å². The number of aromatic nitrogens is 1. The van der Waals surface area contributed by atoms with Gasteiger partial charge in [0.2, 0.25) is 5.91 Å². The maximum Gasteiger partial charge on any atom is 0.220 e. The molecule has 3 heteroatoms. The van der Waals surface area contributed by atoms with Crippen molar-refractivity contribution in [2.45, 2.75) is 39.5 Å². The van der Waals surface area contributed by atoms with Gasteiger partial charge in [0.05, 0.1) is 0 Å². The molecule has 1 heterocycles. The summed E-state index contributed by atoms with van der Waals surface area (Å²) < 4.78 is 0. The van der Waals surface area contributed by atoms with Crippen LogP contribution in [0.5, 0.6) is 0 Å². The molecule has 102 valence electrons. The first-order chi connectivity index (χ1) is 9.19. The normalized spacial score (nSPS) is 10.8. The number of amides is 1. The zero-order chi connectivity index (χ0) is 13.7. The van der Waals surface area contributed by atoms with Crippen molar-refractivity contribution in [1.29, 1.82) is 0 Å². The van der Waals surface area contributed by atoms with E-state index in [2.05, 4.69) is 48.4 Å². The highest BCUT2D eigenvalue weighted by Crippen LogP contribution is 2.16. The average Bonchev–Trinajstić information content (AvgIpc) is 2.75. The molecular formula is C16H22N2O. The quantitative estimate of drug-likeness (QED) is 0.820. The maximum atomic E-state index is 11.5. The summed E-state index contributed by atoms with van der Waals surface area (Å²) in [7, 11) is 0. The van der Waals surface area contributed by atoms with Crippen LogP contribution in [0.2, 0.25) is 0 Å². The van der Waals surface area contributed by atoms with E-state index in [1.54, 1.807) is 0 Å². The number of aromatic amines is 1. The molecule has 0 saturated heterocycles. The predicted octanol–water partition coefficient (Wildman–Crippen LogP) is 3.33. The molecule has 0 aliphatic heterocycles. The number of benzene rings is 1. The summed E-state index contributed by atoms with van der Waals surface area (Å²) in [5.74, 6) is 0.167. The fourth-order valence-electron chi connectivity index (χ4n) is 2.25. The minimum absolute atomic E-state index is 0.167. The molecule has 1 aromatic heterocycles. The Morgan fingerprint density at radius 3 is 2.95 bits per heavy atom. The van der Waals surface area contributed by atoms with Gasteiger partial charge in [-0.25, -0.2) is 0 Å². The highest BCUT2D eigenvalue weighted by Gasteiger charge is 2.02. The smallest absolute Gasteiger partial charge is 0.220 e. The number of rotatable bonds is 6. The monoisotopic (exact) mass is 258 g/mol. The van der Waals surface area contributed by atoms with Crippen LogP contribution in [0.4, 0.5) is 0 Å². The lowest BCUT2D eigenvalue weighted by atomic mass is 10.1. The number of aryl methyl sites for hydroxylation is 1. The summed E-state index contributed by atoms with van der Waals surface area (Å²) in [6.07, 6.45) is 3.57. The topological polar surface area (TPSA) is 44.9 Å². The van der Waals surface area contributed by atoms with E-state index >= 15 is 0 Å². The first-order valence-corrected chi connectivity index (χ1v) is 7.04. The van der Waals surface area contributed by atoms with E-state index in [9.17, 15) is 4.79 Å². The Kier molecular flexibility index (Phi) is 4.61. The van der Waals surface area contributed by atoms with Gasteiger partial charge in [-0.2, -0.15) is 0 Å². The molecule has 1 amide bonds. The molecular weight excluding hydrogens is 236 g/mol. The van der Waals surface area contributed by atoms with Gasteiger partial charge < -0.3 is 10.3 Å². The number of hydrogen-bond donors (Lipinski definition) is 2. The maximum absolute atomic E-state index is 11.5. The lowest BCUT2D eigenvalue weighted by Gasteiger charge is -2.05. The Bertz CT molecular complexity index is 557. The molecule has 0 spiro atoms.